The van der Waals surface area contributed by atoms with Crippen molar-refractivity contribution in [3.63, 3.8) is 0 Å². The van der Waals surface area contributed by atoms with E-state index in [0.717, 1.165) is 12.0 Å². The van der Waals surface area contributed by atoms with Gasteiger partial charge in [0.15, 0.2) is 0 Å². The number of nitrogens with one attached hydrogen (secondary N) is 2. The molecule has 164 valence electrons. The topological polar surface area (TPSA) is 84.1 Å². The third-order valence-corrected chi connectivity index (χ3v) is 5.27. The highest BCUT2D eigenvalue weighted by Gasteiger charge is 2.18. The van der Waals surface area contributed by atoms with E-state index in [1.165, 1.54) is 18.4 Å². The fourth-order valence-corrected chi connectivity index (χ4v) is 3.57. The Morgan fingerprint density at radius 3 is 2.58 bits per heavy atom. The fraction of sp³-hybridized carbons (Fsp3) is 0.400. The molecule has 2 aromatic carbocycles. The average Bonchev–Trinajstić information content (AvgIpc) is 2.76. The molecule has 1 heterocycles. The van der Waals surface area contributed by atoms with Gasteiger partial charge in [-0.2, -0.15) is 0 Å². The third kappa shape index (κ3) is 6.25. The average molecular weight is 422 g/mol. The molecule has 0 unspecified atom stereocenters. The van der Waals surface area contributed by atoms with E-state index in [9.17, 15) is 9.59 Å². The van der Waals surface area contributed by atoms with Crippen LogP contribution in [0.1, 0.15) is 56.6 Å². The second-order valence-corrected chi connectivity index (χ2v) is 8.16. The number of rotatable bonds is 10. The van der Waals surface area contributed by atoms with Gasteiger partial charge in [0.05, 0.1) is 16.9 Å². The lowest BCUT2D eigenvalue weighted by Gasteiger charge is -2.23. The largest absolute Gasteiger partial charge is 0.364 e. The molecule has 1 aromatic heterocycles. The third-order valence-electron chi connectivity index (χ3n) is 5.27. The quantitative estimate of drug-likeness (QED) is 0.511. The van der Waals surface area contributed by atoms with Crippen LogP contribution in [0, 0.1) is 5.92 Å². The number of hydrogen-bond donors (Lipinski definition) is 2. The van der Waals surface area contributed by atoms with Gasteiger partial charge < -0.3 is 15.0 Å². The molecule has 31 heavy (non-hydrogen) atoms. The second-order valence-electron chi connectivity index (χ2n) is 8.16. The summed E-state index contributed by atoms with van der Waals surface area (Å²) < 4.78 is 5.52. The van der Waals surface area contributed by atoms with Crippen molar-refractivity contribution in [2.45, 2.75) is 52.7 Å². The highest BCUT2D eigenvalue weighted by Crippen LogP contribution is 2.22. The highest BCUT2D eigenvalue weighted by atomic mass is 16.5. The standard InChI is InChI=1S/C25H31N3O3/c1-4-5-8-18-11-13-19(14-12-18)24(17(2)3)28-23(29)16-31-15-22-26-21-10-7-6-9-20(21)25(30)27-22/h6-7,9-14,17,24H,4-5,8,15-16H2,1-3H3,(H,28,29)(H,26,27,30)/t24-/m1/s1. The number of carbonyl (C=O) groups is 1. The predicted molar refractivity (Wildman–Crippen MR) is 123 cm³/mol. The molecule has 0 spiro atoms. The number of hydrogen-bond acceptors (Lipinski definition) is 4. The lowest BCUT2D eigenvalue weighted by Crippen LogP contribution is -2.34. The van der Waals surface area contributed by atoms with E-state index in [-0.39, 0.29) is 36.6 Å². The molecule has 0 bridgehead atoms. The van der Waals surface area contributed by atoms with Crippen molar-refractivity contribution in [1.29, 1.82) is 0 Å². The number of para-hydroxylation sites is 1. The van der Waals surface area contributed by atoms with Crippen molar-refractivity contribution < 1.29 is 9.53 Å². The second kappa shape index (κ2) is 10.9. The first-order chi connectivity index (χ1) is 15.0. The summed E-state index contributed by atoms with van der Waals surface area (Å²) in [6.45, 7) is 6.32. The van der Waals surface area contributed by atoms with Crippen molar-refractivity contribution >= 4 is 16.8 Å². The molecule has 1 atom stereocenters. The Morgan fingerprint density at radius 1 is 1.13 bits per heavy atom. The van der Waals surface area contributed by atoms with Crippen molar-refractivity contribution in [3.8, 4) is 0 Å². The van der Waals surface area contributed by atoms with Crippen molar-refractivity contribution in [2.75, 3.05) is 6.61 Å². The molecule has 1 amide bonds. The van der Waals surface area contributed by atoms with Crippen LogP contribution in [0.4, 0.5) is 0 Å². The number of unbranched alkanes of at least 4 members (excludes halogenated alkanes) is 1. The van der Waals surface area contributed by atoms with Crippen molar-refractivity contribution in [1.82, 2.24) is 15.3 Å². The number of ether oxygens (including phenoxy) is 1. The van der Waals surface area contributed by atoms with Crippen molar-refractivity contribution in [2.24, 2.45) is 5.92 Å². The molecular formula is C25H31N3O3. The zero-order valence-electron chi connectivity index (χ0n) is 18.5. The molecule has 0 fully saturated rings. The highest BCUT2D eigenvalue weighted by molar-refractivity contribution is 5.78. The molecule has 0 aliphatic heterocycles. The van der Waals surface area contributed by atoms with Crippen LogP contribution in [0.2, 0.25) is 0 Å². The number of amides is 1. The van der Waals surface area contributed by atoms with E-state index in [1.54, 1.807) is 18.2 Å². The number of benzene rings is 2. The predicted octanol–water partition coefficient (Wildman–Crippen LogP) is 4.30. The van der Waals surface area contributed by atoms with Crippen molar-refractivity contribution in [3.05, 3.63) is 75.8 Å². The molecule has 3 rings (SSSR count). The Kier molecular flexibility index (Phi) is 7.95. The minimum Gasteiger partial charge on any atom is -0.364 e. The van der Waals surface area contributed by atoms with Crippen LogP contribution in [-0.4, -0.2) is 22.5 Å². The zero-order valence-corrected chi connectivity index (χ0v) is 18.5. The summed E-state index contributed by atoms with van der Waals surface area (Å²) in [7, 11) is 0. The SMILES string of the molecule is CCCCc1ccc([C@H](NC(=O)COCc2nc3ccccc3c(=O)[nH]2)C(C)C)cc1. The minimum atomic E-state index is -0.212. The first-order valence-corrected chi connectivity index (χ1v) is 10.9. The van der Waals surface area contributed by atoms with Crippen LogP contribution in [0.15, 0.2) is 53.3 Å². The molecule has 0 aliphatic carbocycles. The lowest BCUT2D eigenvalue weighted by molar-refractivity contribution is -0.127. The number of nitrogens with zero attached hydrogens (tertiary/aromatic N) is 1. The maximum Gasteiger partial charge on any atom is 0.258 e. The van der Waals surface area contributed by atoms with E-state index >= 15 is 0 Å². The Morgan fingerprint density at radius 2 is 1.87 bits per heavy atom. The maximum atomic E-state index is 12.5. The van der Waals surface area contributed by atoms with Gasteiger partial charge >= 0.3 is 0 Å². The lowest BCUT2D eigenvalue weighted by atomic mass is 9.94. The van der Waals surface area contributed by atoms with Gasteiger partial charge in [0.25, 0.3) is 5.56 Å². The van der Waals surface area contributed by atoms with Crippen LogP contribution in [0.5, 0.6) is 0 Å². The molecule has 2 N–H and O–H groups in total. The number of aromatic amines is 1. The van der Waals surface area contributed by atoms with E-state index < -0.39 is 0 Å². The van der Waals surface area contributed by atoms with Gasteiger partial charge in [0.2, 0.25) is 5.91 Å². The molecule has 3 aromatic rings. The molecule has 0 saturated heterocycles. The zero-order chi connectivity index (χ0) is 22.2. The summed E-state index contributed by atoms with van der Waals surface area (Å²) in [5, 5.41) is 3.60. The first-order valence-electron chi connectivity index (χ1n) is 10.9. The summed E-state index contributed by atoms with van der Waals surface area (Å²) in [5.74, 6) is 0.445. The summed E-state index contributed by atoms with van der Waals surface area (Å²) in [6.07, 6.45) is 3.43. The smallest absolute Gasteiger partial charge is 0.258 e. The van der Waals surface area contributed by atoms with Crippen LogP contribution in [-0.2, 0) is 22.6 Å². The van der Waals surface area contributed by atoms with Crippen LogP contribution >= 0.6 is 0 Å². The number of H-pyrrole nitrogens is 1. The normalized spacial score (nSPS) is 12.3. The first kappa shape index (κ1) is 22.7. The van der Waals surface area contributed by atoms with Gasteiger partial charge in [-0.3, -0.25) is 9.59 Å². The van der Waals surface area contributed by atoms with Gasteiger partial charge in [-0.1, -0.05) is 63.6 Å². The Hall–Kier alpha value is -2.99. The molecule has 6 nitrogen and oxygen atoms in total. The van der Waals surface area contributed by atoms with E-state index in [4.69, 9.17) is 4.74 Å². The number of fused-ring (bicyclic) bond motifs is 1. The van der Waals surface area contributed by atoms with Crippen LogP contribution in [0.3, 0.4) is 0 Å². The molecular weight excluding hydrogens is 390 g/mol. The molecule has 0 aliphatic rings. The fourth-order valence-electron chi connectivity index (χ4n) is 3.57. The monoisotopic (exact) mass is 421 g/mol. The number of aryl methyl sites for hydroxylation is 1. The summed E-state index contributed by atoms with van der Waals surface area (Å²) in [4.78, 5) is 31.7. The molecule has 6 heteroatoms. The van der Waals surface area contributed by atoms with Crippen LogP contribution in [0.25, 0.3) is 10.9 Å². The van der Waals surface area contributed by atoms with E-state index in [1.807, 2.05) is 6.07 Å². The van der Waals surface area contributed by atoms with Gasteiger partial charge in [-0.15, -0.1) is 0 Å². The van der Waals surface area contributed by atoms with E-state index in [0.29, 0.717) is 16.7 Å². The van der Waals surface area contributed by atoms with Crippen LogP contribution < -0.4 is 10.9 Å². The maximum absolute atomic E-state index is 12.5. The Balaban J connectivity index is 1.56. The Labute approximate surface area is 183 Å². The summed E-state index contributed by atoms with van der Waals surface area (Å²) in [5.41, 5.74) is 2.80. The minimum absolute atomic E-state index is 0.0615. The van der Waals surface area contributed by atoms with Gasteiger partial charge in [-0.25, -0.2) is 4.98 Å². The summed E-state index contributed by atoms with van der Waals surface area (Å²) in [6, 6.07) is 15.5. The summed E-state index contributed by atoms with van der Waals surface area (Å²) >= 11 is 0. The Bertz CT molecular complexity index is 1060. The van der Waals surface area contributed by atoms with Gasteiger partial charge in [0, 0.05) is 0 Å². The van der Waals surface area contributed by atoms with Gasteiger partial charge in [-0.05, 0) is 42.0 Å². The molecule has 0 radical (unpaired) electrons. The van der Waals surface area contributed by atoms with E-state index in [2.05, 4.69) is 60.3 Å². The number of aromatic nitrogens is 2. The molecule has 0 saturated carbocycles. The van der Waals surface area contributed by atoms with Gasteiger partial charge in [0.1, 0.15) is 19.0 Å². The number of carbonyl (C=O) groups excluding carboxylic acids is 1.